The molecule has 0 bridgehead atoms. The molecule has 0 saturated carbocycles. The lowest BCUT2D eigenvalue weighted by atomic mass is 9.95. The van der Waals surface area contributed by atoms with Crippen LogP contribution in [-0.4, -0.2) is 33.6 Å². The first-order valence-electron chi connectivity index (χ1n) is 17.5. The van der Waals surface area contributed by atoms with E-state index in [1.807, 2.05) is 13.8 Å². The summed E-state index contributed by atoms with van der Waals surface area (Å²) in [6.45, 7) is 14.7. The van der Waals surface area contributed by atoms with Crippen molar-refractivity contribution >= 4 is 17.3 Å². The molecule has 45 heavy (non-hydrogen) atoms. The number of aromatic nitrogens is 1. The molecule has 0 aliphatic carbocycles. The van der Waals surface area contributed by atoms with Crippen molar-refractivity contribution in [1.29, 1.82) is 5.26 Å². The van der Waals surface area contributed by atoms with E-state index in [1.54, 1.807) is 24.3 Å². The molecule has 1 amide bonds. The number of hydrogen-bond acceptors (Lipinski definition) is 6. The largest absolute Gasteiger partial charge is 0.493 e. The van der Waals surface area contributed by atoms with Gasteiger partial charge in [0, 0.05) is 30.8 Å². The van der Waals surface area contributed by atoms with Gasteiger partial charge in [-0.3, -0.25) is 14.2 Å². The standard InChI is InChI=1S/C37H57N5O3/c1-7-13-17-28(11-5)26-41(27-29(12-6)18-14-8-2)35(43)30-20-22-31(23-21-30)39-40-34-32(19-15-9-3)33(25-38)36(44)42(37(34)45)24-16-10-4/h20-23,28-29,44H,7-19,24,26-27H2,1-6H3. The van der Waals surface area contributed by atoms with E-state index in [4.69, 9.17) is 0 Å². The number of unbranched alkanes of at least 4 members (excludes halogenated alkanes) is 4. The van der Waals surface area contributed by atoms with Crippen LogP contribution in [-0.2, 0) is 13.0 Å². The molecule has 2 unspecified atom stereocenters. The zero-order valence-electron chi connectivity index (χ0n) is 28.8. The topological polar surface area (TPSA) is 111 Å². The highest BCUT2D eigenvalue weighted by atomic mass is 16.3. The lowest BCUT2D eigenvalue weighted by Crippen LogP contribution is -2.39. The molecule has 8 heteroatoms. The Bertz CT molecular complexity index is 1290. The Hall–Kier alpha value is -3.47. The number of hydrogen-bond donors (Lipinski definition) is 1. The molecule has 0 saturated heterocycles. The van der Waals surface area contributed by atoms with Crippen LogP contribution in [0.15, 0.2) is 39.3 Å². The Morgan fingerprint density at radius 1 is 0.867 bits per heavy atom. The first-order valence-corrected chi connectivity index (χ1v) is 17.5. The van der Waals surface area contributed by atoms with Crippen molar-refractivity contribution in [3.05, 3.63) is 51.3 Å². The number of benzene rings is 1. The van der Waals surface area contributed by atoms with E-state index in [2.05, 4.69) is 48.9 Å². The number of pyridine rings is 1. The quantitative estimate of drug-likeness (QED) is 0.140. The van der Waals surface area contributed by atoms with Crippen LogP contribution in [0.2, 0.25) is 0 Å². The van der Waals surface area contributed by atoms with Gasteiger partial charge in [-0.05, 0) is 68.2 Å². The SMILES string of the molecule is CCCCc1c(C#N)c(O)n(CCCC)c(=O)c1N=Nc1ccc(C(=O)N(CC(CC)CCCC)CC(CC)CCCC)cc1. The number of nitrogens with zero attached hydrogens (tertiary/aromatic N) is 5. The van der Waals surface area contributed by atoms with Gasteiger partial charge in [-0.1, -0.05) is 92.9 Å². The highest BCUT2D eigenvalue weighted by Gasteiger charge is 2.23. The molecule has 0 fully saturated rings. The Labute approximate surface area is 271 Å². The van der Waals surface area contributed by atoms with Gasteiger partial charge >= 0.3 is 0 Å². The predicted octanol–water partition coefficient (Wildman–Crippen LogP) is 9.86. The molecule has 1 aromatic heterocycles. The number of carbonyl (C=O) groups excluding carboxylic acids is 1. The maximum absolute atomic E-state index is 13.9. The summed E-state index contributed by atoms with van der Waals surface area (Å²) in [6, 6.07) is 9.18. The molecular formula is C37H57N5O3. The van der Waals surface area contributed by atoms with Crippen LogP contribution in [0.5, 0.6) is 5.88 Å². The second-order valence-corrected chi connectivity index (χ2v) is 12.3. The van der Waals surface area contributed by atoms with E-state index in [1.165, 1.54) is 17.4 Å². The minimum Gasteiger partial charge on any atom is -0.493 e. The second-order valence-electron chi connectivity index (χ2n) is 12.3. The summed E-state index contributed by atoms with van der Waals surface area (Å²) < 4.78 is 1.23. The smallest absolute Gasteiger partial charge is 0.281 e. The van der Waals surface area contributed by atoms with Crippen molar-refractivity contribution in [3.63, 3.8) is 0 Å². The maximum atomic E-state index is 13.9. The van der Waals surface area contributed by atoms with Crippen LogP contribution in [0.25, 0.3) is 0 Å². The van der Waals surface area contributed by atoms with Crippen LogP contribution >= 0.6 is 0 Å². The Kier molecular flexibility index (Phi) is 17.2. The lowest BCUT2D eigenvalue weighted by molar-refractivity contribution is 0.0685. The summed E-state index contributed by atoms with van der Waals surface area (Å²) in [4.78, 5) is 29.4. The molecule has 0 aliphatic heterocycles. The monoisotopic (exact) mass is 619 g/mol. The molecule has 8 nitrogen and oxygen atoms in total. The van der Waals surface area contributed by atoms with Crippen LogP contribution in [0, 0.1) is 23.2 Å². The zero-order chi connectivity index (χ0) is 33.2. The van der Waals surface area contributed by atoms with Gasteiger partial charge in [0.15, 0.2) is 5.69 Å². The fourth-order valence-corrected chi connectivity index (χ4v) is 5.74. The van der Waals surface area contributed by atoms with E-state index in [-0.39, 0.29) is 23.0 Å². The van der Waals surface area contributed by atoms with Crippen LogP contribution in [0.3, 0.4) is 0 Å². The zero-order valence-corrected chi connectivity index (χ0v) is 28.8. The molecule has 2 atom stereocenters. The molecular weight excluding hydrogens is 562 g/mol. The molecule has 248 valence electrons. The summed E-state index contributed by atoms with van der Waals surface area (Å²) >= 11 is 0. The van der Waals surface area contributed by atoms with E-state index in [0.717, 1.165) is 70.9 Å². The highest BCUT2D eigenvalue weighted by molar-refractivity contribution is 5.94. The van der Waals surface area contributed by atoms with Gasteiger partial charge in [-0.15, -0.1) is 5.11 Å². The number of aromatic hydroxyl groups is 1. The van der Waals surface area contributed by atoms with Gasteiger partial charge in [-0.2, -0.15) is 10.4 Å². The predicted molar refractivity (Wildman–Crippen MR) is 184 cm³/mol. The third-order valence-corrected chi connectivity index (χ3v) is 8.85. The van der Waals surface area contributed by atoms with Gasteiger partial charge in [0.05, 0.1) is 5.69 Å². The van der Waals surface area contributed by atoms with Crippen molar-refractivity contribution < 1.29 is 9.90 Å². The Morgan fingerprint density at radius 3 is 1.91 bits per heavy atom. The molecule has 2 rings (SSSR count). The number of amides is 1. The van der Waals surface area contributed by atoms with Gasteiger partial charge < -0.3 is 10.0 Å². The summed E-state index contributed by atoms with van der Waals surface area (Å²) in [5, 5.41) is 29.4. The van der Waals surface area contributed by atoms with E-state index < -0.39 is 5.56 Å². The van der Waals surface area contributed by atoms with Crippen molar-refractivity contribution in [3.8, 4) is 11.9 Å². The van der Waals surface area contributed by atoms with E-state index >= 15 is 0 Å². The second kappa shape index (κ2) is 20.5. The fourth-order valence-electron chi connectivity index (χ4n) is 5.74. The third kappa shape index (κ3) is 11.1. The maximum Gasteiger partial charge on any atom is 0.281 e. The number of carbonyl (C=O) groups is 1. The minimum atomic E-state index is -0.445. The van der Waals surface area contributed by atoms with Gasteiger partial charge in [0.1, 0.15) is 11.6 Å². The van der Waals surface area contributed by atoms with Crippen LogP contribution in [0.1, 0.15) is 140 Å². The lowest BCUT2D eigenvalue weighted by Gasteiger charge is -2.31. The molecule has 1 N–H and O–H groups in total. The summed E-state index contributed by atoms with van der Waals surface area (Å²) in [6.07, 6.45) is 12.6. The van der Waals surface area contributed by atoms with Crippen LogP contribution < -0.4 is 5.56 Å². The van der Waals surface area contributed by atoms with Crippen molar-refractivity contribution in [2.24, 2.45) is 22.1 Å². The summed E-state index contributed by atoms with van der Waals surface area (Å²) in [5.41, 5.74) is 1.29. The highest BCUT2D eigenvalue weighted by Crippen LogP contribution is 2.30. The Morgan fingerprint density at radius 2 is 1.42 bits per heavy atom. The number of rotatable bonds is 21. The Balaban J connectivity index is 2.42. The van der Waals surface area contributed by atoms with Crippen molar-refractivity contribution in [2.45, 2.75) is 132 Å². The van der Waals surface area contributed by atoms with Crippen molar-refractivity contribution in [2.75, 3.05) is 13.1 Å². The number of azo groups is 1. The third-order valence-electron chi connectivity index (χ3n) is 8.85. The molecule has 0 radical (unpaired) electrons. The van der Waals surface area contributed by atoms with Gasteiger partial charge in [0.2, 0.25) is 5.88 Å². The average Bonchev–Trinajstić information content (AvgIpc) is 3.06. The first kappa shape index (κ1) is 37.7. The van der Waals surface area contributed by atoms with Crippen LogP contribution in [0.4, 0.5) is 11.4 Å². The molecule has 1 heterocycles. The fraction of sp³-hybridized carbons (Fsp3) is 0.649. The van der Waals surface area contributed by atoms with Crippen molar-refractivity contribution in [1.82, 2.24) is 9.47 Å². The summed E-state index contributed by atoms with van der Waals surface area (Å²) in [5.74, 6) is 0.713. The molecule has 1 aromatic carbocycles. The summed E-state index contributed by atoms with van der Waals surface area (Å²) in [7, 11) is 0. The first-order chi connectivity index (χ1) is 21.8. The van der Waals surface area contributed by atoms with Gasteiger partial charge in [-0.25, -0.2) is 0 Å². The van der Waals surface area contributed by atoms with E-state index in [9.17, 15) is 20.0 Å². The minimum absolute atomic E-state index is 0.0428. The molecule has 2 aromatic rings. The van der Waals surface area contributed by atoms with E-state index in [0.29, 0.717) is 48.0 Å². The number of nitriles is 1. The molecule has 0 aliphatic rings. The molecule has 0 spiro atoms. The normalized spacial score (nSPS) is 12.7. The van der Waals surface area contributed by atoms with Gasteiger partial charge in [0.25, 0.3) is 11.5 Å². The average molecular weight is 620 g/mol.